The van der Waals surface area contributed by atoms with Crippen LogP contribution in [0, 0.1) is 5.41 Å². The third-order valence-electron chi connectivity index (χ3n) is 4.06. The summed E-state index contributed by atoms with van der Waals surface area (Å²) in [7, 11) is 0. The molecule has 1 atom stereocenters. The molecule has 3 rings (SSSR count). The third kappa shape index (κ3) is 3.04. The van der Waals surface area contributed by atoms with Gasteiger partial charge in [0, 0.05) is 6.54 Å². The van der Waals surface area contributed by atoms with E-state index in [0.29, 0.717) is 13.1 Å². The van der Waals surface area contributed by atoms with Crippen LogP contribution in [-0.2, 0) is 16.1 Å². The van der Waals surface area contributed by atoms with Crippen LogP contribution >= 0.6 is 0 Å². The van der Waals surface area contributed by atoms with Crippen molar-refractivity contribution in [3.8, 4) is 0 Å². The number of carbonyl (C=O) groups excluding carboxylic acids is 1. The molecule has 1 fully saturated rings. The summed E-state index contributed by atoms with van der Waals surface area (Å²) in [5.41, 5.74) is 8.23. The molecule has 0 radical (unpaired) electrons. The zero-order valence-corrected chi connectivity index (χ0v) is 12.8. The lowest BCUT2D eigenvalue weighted by atomic mass is 9.90. The molecule has 1 amide bonds. The van der Waals surface area contributed by atoms with Crippen LogP contribution < -0.4 is 11.1 Å². The van der Waals surface area contributed by atoms with E-state index in [1.165, 1.54) is 0 Å². The molecule has 7 heteroatoms. The van der Waals surface area contributed by atoms with Gasteiger partial charge in [-0.3, -0.25) is 9.69 Å². The van der Waals surface area contributed by atoms with Gasteiger partial charge in [-0.15, -0.1) is 0 Å². The molecule has 2 aliphatic heterocycles. The van der Waals surface area contributed by atoms with Gasteiger partial charge in [-0.05, 0) is 37.1 Å². The van der Waals surface area contributed by atoms with Gasteiger partial charge in [0.05, 0.1) is 23.6 Å². The van der Waals surface area contributed by atoms with E-state index in [4.69, 9.17) is 5.73 Å². The summed E-state index contributed by atoms with van der Waals surface area (Å²) in [5, 5.41) is 2.94. The van der Waals surface area contributed by atoms with Gasteiger partial charge in [0.25, 0.3) is 0 Å². The van der Waals surface area contributed by atoms with Crippen molar-refractivity contribution in [3.05, 3.63) is 18.2 Å². The SMILES string of the molecule is CC1(CN)CCN(CC(=O)Nc2cccc3c2N=S=N3)C1. The zero-order valence-electron chi connectivity index (χ0n) is 12.0. The Morgan fingerprint density at radius 1 is 1.52 bits per heavy atom. The zero-order chi connectivity index (χ0) is 14.9. The minimum absolute atomic E-state index is 0.0169. The summed E-state index contributed by atoms with van der Waals surface area (Å²) < 4.78 is 8.40. The van der Waals surface area contributed by atoms with Crippen molar-refractivity contribution in [3.63, 3.8) is 0 Å². The van der Waals surface area contributed by atoms with Gasteiger partial charge in [0.15, 0.2) is 0 Å². The van der Waals surface area contributed by atoms with E-state index in [1.807, 2.05) is 18.2 Å². The number of hydrogen-bond donors (Lipinski definition) is 2. The van der Waals surface area contributed by atoms with Crippen LogP contribution in [0.25, 0.3) is 0 Å². The number of benzene rings is 1. The highest BCUT2D eigenvalue weighted by molar-refractivity contribution is 7.58. The Bertz CT molecular complexity index is 640. The van der Waals surface area contributed by atoms with Crippen molar-refractivity contribution in [2.75, 3.05) is 31.5 Å². The maximum atomic E-state index is 12.2. The average molecular weight is 305 g/mol. The van der Waals surface area contributed by atoms with Crippen molar-refractivity contribution in [1.29, 1.82) is 0 Å². The molecule has 2 heterocycles. The van der Waals surface area contributed by atoms with Crippen LogP contribution in [0.4, 0.5) is 17.1 Å². The van der Waals surface area contributed by atoms with Gasteiger partial charge in [0.1, 0.15) is 11.4 Å². The number of amides is 1. The number of nitrogens with one attached hydrogen (secondary N) is 1. The van der Waals surface area contributed by atoms with Crippen LogP contribution in [0.15, 0.2) is 26.9 Å². The Kier molecular flexibility index (Phi) is 3.88. The van der Waals surface area contributed by atoms with Crippen LogP contribution in [-0.4, -0.2) is 37.0 Å². The first-order valence-electron chi connectivity index (χ1n) is 7.03. The third-order valence-corrected chi connectivity index (χ3v) is 4.60. The molecule has 0 bridgehead atoms. The first-order valence-corrected chi connectivity index (χ1v) is 7.76. The standard InChI is InChI=1S/C14H19N5OS/c1-14(8-15)5-6-19(9-14)7-12(20)16-10-3-2-4-11-13(10)18-21-17-11/h2-4H,5-9,15H2,1H3,(H,16,20). The molecule has 1 saturated heterocycles. The molecule has 0 aliphatic carbocycles. The number of hydrogen-bond acceptors (Lipinski definition) is 5. The largest absolute Gasteiger partial charge is 0.330 e. The number of nitrogens with two attached hydrogens (primary N) is 1. The Morgan fingerprint density at radius 2 is 2.38 bits per heavy atom. The monoisotopic (exact) mass is 305 g/mol. The van der Waals surface area contributed by atoms with Crippen molar-refractivity contribution in [1.82, 2.24) is 4.90 Å². The molecule has 3 N–H and O–H groups in total. The highest BCUT2D eigenvalue weighted by atomic mass is 32.1. The van der Waals surface area contributed by atoms with E-state index in [9.17, 15) is 4.79 Å². The van der Waals surface area contributed by atoms with Crippen molar-refractivity contribution in [2.45, 2.75) is 13.3 Å². The van der Waals surface area contributed by atoms with Crippen LogP contribution in [0.3, 0.4) is 0 Å². The fraction of sp³-hybridized carbons (Fsp3) is 0.500. The van der Waals surface area contributed by atoms with Gasteiger partial charge in [-0.1, -0.05) is 13.0 Å². The Labute approximate surface area is 127 Å². The van der Waals surface area contributed by atoms with E-state index >= 15 is 0 Å². The van der Waals surface area contributed by atoms with Crippen LogP contribution in [0.5, 0.6) is 0 Å². The summed E-state index contributed by atoms with van der Waals surface area (Å²) in [6.45, 7) is 5.02. The molecular formula is C14H19N5OS. The predicted octanol–water partition coefficient (Wildman–Crippen LogP) is 2.02. The summed E-state index contributed by atoms with van der Waals surface area (Å²) in [5.74, 6) is -0.0169. The van der Waals surface area contributed by atoms with E-state index in [1.54, 1.807) is 0 Å². The Balaban J connectivity index is 1.61. The quantitative estimate of drug-likeness (QED) is 0.906. The summed E-state index contributed by atoms with van der Waals surface area (Å²) in [4.78, 5) is 14.4. The van der Waals surface area contributed by atoms with Gasteiger partial charge in [-0.25, -0.2) is 0 Å². The lowest BCUT2D eigenvalue weighted by molar-refractivity contribution is -0.117. The molecule has 6 nitrogen and oxygen atoms in total. The van der Waals surface area contributed by atoms with Crippen molar-refractivity contribution in [2.24, 2.45) is 19.9 Å². The number of likely N-dealkylation sites (tertiary alicyclic amines) is 1. The van der Waals surface area contributed by atoms with E-state index in [2.05, 4.69) is 25.9 Å². The minimum Gasteiger partial charge on any atom is -0.330 e. The number of rotatable bonds is 4. The molecule has 1 aromatic carbocycles. The molecule has 0 saturated carbocycles. The first kappa shape index (κ1) is 14.4. The molecule has 0 aromatic heterocycles. The smallest absolute Gasteiger partial charge is 0.238 e. The molecule has 112 valence electrons. The van der Waals surface area contributed by atoms with Crippen LogP contribution in [0.2, 0.25) is 0 Å². The van der Waals surface area contributed by atoms with E-state index < -0.39 is 0 Å². The normalized spacial score (nSPS) is 23.9. The second-order valence-corrected chi connectivity index (χ2v) is 6.49. The van der Waals surface area contributed by atoms with Gasteiger partial charge >= 0.3 is 0 Å². The minimum atomic E-state index is -0.0169. The molecule has 0 spiro atoms. The number of anilines is 1. The maximum absolute atomic E-state index is 12.2. The second kappa shape index (κ2) is 5.67. The van der Waals surface area contributed by atoms with E-state index in [0.717, 1.165) is 47.9 Å². The lowest BCUT2D eigenvalue weighted by Crippen LogP contribution is -2.35. The molecule has 1 aromatic rings. The lowest BCUT2D eigenvalue weighted by Gasteiger charge is -2.22. The number of carbonyl (C=O) groups is 1. The molecule has 1 unspecified atom stereocenters. The maximum Gasteiger partial charge on any atom is 0.238 e. The predicted molar refractivity (Wildman–Crippen MR) is 84.8 cm³/mol. The number of fused-ring (bicyclic) bond motifs is 1. The second-order valence-electron chi connectivity index (χ2n) is 5.96. The fourth-order valence-corrected chi connectivity index (χ4v) is 3.28. The number of nitrogens with zero attached hydrogens (tertiary/aromatic N) is 3. The highest BCUT2D eigenvalue weighted by Gasteiger charge is 2.33. The Hall–Kier alpha value is -1.57. The summed E-state index contributed by atoms with van der Waals surface area (Å²) in [6.07, 6.45) is 1.04. The average Bonchev–Trinajstić information content (AvgIpc) is 3.07. The Morgan fingerprint density at radius 3 is 3.14 bits per heavy atom. The summed E-state index contributed by atoms with van der Waals surface area (Å²) >= 11 is 1.15. The first-order chi connectivity index (χ1) is 10.1. The molecule has 2 aliphatic rings. The highest BCUT2D eigenvalue weighted by Crippen LogP contribution is 2.38. The van der Waals surface area contributed by atoms with Crippen molar-refractivity contribution >= 4 is 34.3 Å². The van der Waals surface area contributed by atoms with Gasteiger partial charge < -0.3 is 11.1 Å². The van der Waals surface area contributed by atoms with E-state index in [-0.39, 0.29) is 11.3 Å². The van der Waals surface area contributed by atoms with Gasteiger partial charge in [-0.2, -0.15) is 8.73 Å². The van der Waals surface area contributed by atoms with Gasteiger partial charge in [0.2, 0.25) is 5.91 Å². The van der Waals surface area contributed by atoms with Crippen LogP contribution in [0.1, 0.15) is 13.3 Å². The summed E-state index contributed by atoms with van der Waals surface area (Å²) in [6, 6.07) is 5.62. The molecular weight excluding hydrogens is 286 g/mol. The van der Waals surface area contributed by atoms with Crippen molar-refractivity contribution < 1.29 is 4.79 Å². The fourth-order valence-electron chi connectivity index (χ4n) is 2.73. The molecule has 21 heavy (non-hydrogen) atoms. The topological polar surface area (TPSA) is 83.1 Å².